The fraction of sp³-hybridized carbons (Fsp3) is 0.667. The Labute approximate surface area is 108 Å². The third-order valence-electron chi connectivity index (χ3n) is 2.17. The van der Waals surface area contributed by atoms with Crippen LogP contribution < -0.4 is 0 Å². The van der Waals surface area contributed by atoms with Crippen LogP contribution in [0, 0.1) is 0 Å². The maximum atomic E-state index is 12.5. The van der Waals surface area contributed by atoms with Gasteiger partial charge in [0.25, 0.3) is 5.82 Å². The van der Waals surface area contributed by atoms with Gasteiger partial charge < -0.3 is 4.74 Å². The summed E-state index contributed by atoms with van der Waals surface area (Å²) >= 11 is 0. The molecular weight excluding hydrogens is 296 g/mol. The van der Waals surface area contributed by atoms with Gasteiger partial charge in [-0.05, 0) is 6.92 Å². The molecule has 0 aliphatic heterocycles. The zero-order valence-electron chi connectivity index (χ0n) is 10.2. The maximum Gasteiger partial charge on any atom is 0.407 e. The number of carbonyl (C=O) groups is 1. The number of aryl methyl sites for hydroxylation is 1. The van der Waals surface area contributed by atoms with Crippen LogP contribution in [0.25, 0.3) is 0 Å². The van der Waals surface area contributed by atoms with E-state index >= 15 is 0 Å². The lowest BCUT2D eigenvalue weighted by Gasteiger charge is -2.21. The van der Waals surface area contributed by atoms with Crippen molar-refractivity contribution in [3.8, 4) is 0 Å². The standard InChI is InChI=1S/C9H9F6N3O2/c1-3-20-7(19)5-16-6(18(2)17-5)4(8(10,11)12)9(13,14)15/h4H,3H2,1-2H3. The quantitative estimate of drug-likeness (QED) is 0.634. The molecule has 0 aliphatic rings. The van der Waals surface area contributed by atoms with Gasteiger partial charge in [-0.3, -0.25) is 4.68 Å². The van der Waals surface area contributed by atoms with E-state index in [1.165, 1.54) is 6.92 Å². The molecule has 0 bridgehead atoms. The molecule has 0 aromatic carbocycles. The molecule has 0 fully saturated rings. The predicted molar refractivity (Wildman–Crippen MR) is 51.8 cm³/mol. The molecule has 0 saturated heterocycles. The molecule has 0 unspecified atom stereocenters. The highest BCUT2D eigenvalue weighted by Crippen LogP contribution is 2.45. The second-order valence-electron chi connectivity index (χ2n) is 3.65. The topological polar surface area (TPSA) is 57.0 Å². The highest BCUT2D eigenvalue weighted by Gasteiger charge is 2.60. The van der Waals surface area contributed by atoms with Crippen molar-refractivity contribution in [2.45, 2.75) is 25.2 Å². The molecule has 1 rings (SSSR count). The molecule has 1 heterocycles. The summed E-state index contributed by atoms with van der Waals surface area (Å²) in [6, 6.07) is 0. The smallest absolute Gasteiger partial charge is 0.407 e. The van der Waals surface area contributed by atoms with E-state index in [1.54, 1.807) is 0 Å². The number of rotatable bonds is 3. The Hall–Kier alpha value is -1.81. The molecule has 1 aromatic heterocycles. The Morgan fingerprint density at radius 3 is 2.15 bits per heavy atom. The van der Waals surface area contributed by atoms with E-state index in [0.717, 1.165) is 7.05 Å². The number of carbonyl (C=O) groups excluding carboxylic acids is 1. The van der Waals surface area contributed by atoms with Gasteiger partial charge in [-0.2, -0.15) is 26.3 Å². The second-order valence-corrected chi connectivity index (χ2v) is 3.65. The van der Waals surface area contributed by atoms with Crippen molar-refractivity contribution in [2.75, 3.05) is 6.61 Å². The highest BCUT2D eigenvalue weighted by atomic mass is 19.4. The maximum absolute atomic E-state index is 12.5. The zero-order valence-corrected chi connectivity index (χ0v) is 10.2. The van der Waals surface area contributed by atoms with Crippen LogP contribution in [0.15, 0.2) is 0 Å². The minimum absolute atomic E-state index is 0.117. The van der Waals surface area contributed by atoms with Crippen molar-refractivity contribution < 1.29 is 35.9 Å². The predicted octanol–water partition coefficient (Wildman–Crippen LogP) is 2.20. The van der Waals surface area contributed by atoms with E-state index < -0.39 is 35.9 Å². The molecule has 11 heteroatoms. The molecular formula is C9H9F6N3O2. The minimum atomic E-state index is -5.61. The van der Waals surface area contributed by atoms with Crippen LogP contribution in [0.4, 0.5) is 26.3 Å². The summed E-state index contributed by atoms with van der Waals surface area (Å²) in [5.41, 5.74) is 0. The number of hydrogen-bond donors (Lipinski definition) is 0. The van der Waals surface area contributed by atoms with Gasteiger partial charge in [-0.1, -0.05) is 0 Å². The molecule has 0 amide bonds. The van der Waals surface area contributed by atoms with E-state index in [2.05, 4.69) is 14.8 Å². The summed E-state index contributed by atoms with van der Waals surface area (Å²) < 4.78 is 79.8. The molecule has 0 N–H and O–H groups in total. The SMILES string of the molecule is CCOC(=O)c1nc(C(C(F)(F)F)C(F)(F)F)n(C)n1. The van der Waals surface area contributed by atoms with Crippen molar-refractivity contribution in [3.05, 3.63) is 11.6 Å². The summed E-state index contributed by atoms with van der Waals surface area (Å²) in [6.45, 7) is 1.30. The summed E-state index contributed by atoms with van der Waals surface area (Å²) in [7, 11) is 0.829. The average molecular weight is 305 g/mol. The number of alkyl halides is 6. The highest BCUT2D eigenvalue weighted by molar-refractivity contribution is 5.85. The lowest BCUT2D eigenvalue weighted by atomic mass is 10.1. The summed E-state index contributed by atoms with van der Waals surface area (Å²) in [6.07, 6.45) is -11.2. The van der Waals surface area contributed by atoms with E-state index in [9.17, 15) is 31.1 Å². The van der Waals surface area contributed by atoms with Crippen LogP contribution in [0.3, 0.4) is 0 Å². The zero-order chi connectivity index (χ0) is 15.7. The van der Waals surface area contributed by atoms with Crippen LogP contribution >= 0.6 is 0 Å². The Morgan fingerprint density at radius 2 is 1.75 bits per heavy atom. The lowest BCUT2D eigenvalue weighted by molar-refractivity contribution is -0.256. The number of esters is 1. The summed E-state index contributed by atoms with van der Waals surface area (Å²) in [5.74, 6) is -7.30. The van der Waals surface area contributed by atoms with Crippen molar-refractivity contribution in [1.29, 1.82) is 0 Å². The Bertz CT molecular complexity index is 479. The van der Waals surface area contributed by atoms with E-state index in [0.29, 0.717) is 0 Å². The molecule has 0 spiro atoms. The molecule has 0 aliphatic carbocycles. The largest absolute Gasteiger partial charge is 0.460 e. The third kappa shape index (κ3) is 3.39. The molecule has 0 radical (unpaired) electrons. The van der Waals surface area contributed by atoms with E-state index in [-0.39, 0.29) is 11.3 Å². The van der Waals surface area contributed by atoms with Gasteiger partial charge in [0.2, 0.25) is 5.92 Å². The molecule has 0 atom stereocenters. The van der Waals surface area contributed by atoms with Gasteiger partial charge >= 0.3 is 18.3 Å². The van der Waals surface area contributed by atoms with Crippen LogP contribution in [0.5, 0.6) is 0 Å². The lowest BCUT2D eigenvalue weighted by Crippen LogP contribution is -2.36. The van der Waals surface area contributed by atoms with Gasteiger partial charge in [-0.15, -0.1) is 5.10 Å². The molecule has 114 valence electrons. The Balaban J connectivity index is 3.26. The molecule has 1 aromatic rings. The minimum Gasteiger partial charge on any atom is -0.460 e. The van der Waals surface area contributed by atoms with Crippen molar-refractivity contribution >= 4 is 5.97 Å². The second kappa shape index (κ2) is 5.29. The fourth-order valence-electron chi connectivity index (χ4n) is 1.41. The molecule has 5 nitrogen and oxygen atoms in total. The normalized spacial score (nSPS) is 12.8. The number of halogens is 6. The fourth-order valence-corrected chi connectivity index (χ4v) is 1.41. The summed E-state index contributed by atoms with van der Waals surface area (Å²) in [5, 5.41) is 3.21. The van der Waals surface area contributed by atoms with Crippen molar-refractivity contribution in [2.24, 2.45) is 7.05 Å². The number of nitrogens with zero attached hydrogens (tertiary/aromatic N) is 3. The van der Waals surface area contributed by atoms with Crippen LogP contribution in [0.1, 0.15) is 29.3 Å². The van der Waals surface area contributed by atoms with Crippen LogP contribution in [-0.2, 0) is 11.8 Å². The van der Waals surface area contributed by atoms with Gasteiger partial charge in [0.05, 0.1) is 6.61 Å². The van der Waals surface area contributed by atoms with Crippen molar-refractivity contribution in [3.63, 3.8) is 0 Å². The number of ether oxygens (including phenoxy) is 1. The first-order chi connectivity index (χ1) is 8.98. The van der Waals surface area contributed by atoms with Gasteiger partial charge in [0, 0.05) is 7.05 Å². The van der Waals surface area contributed by atoms with Gasteiger partial charge in [0.1, 0.15) is 5.82 Å². The third-order valence-corrected chi connectivity index (χ3v) is 2.17. The first-order valence-electron chi connectivity index (χ1n) is 5.20. The first kappa shape index (κ1) is 16.2. The first-order valence-corrected chi connectivity index (χ1v) is 5.20. The Morgan fingerprint density at radius 1 is 1.25 bits per heavy atom. The Kier molecular flexibility index (Phi) is 4.30. The monoisotopic (exact) mass is 305 g/mol. The number of aromatic nitrogens is 3. The van der Waals surface area contributed by atoms with Crippen molar-refractivity contribution in [1.82, 2.24) is 14.8 Å². The number of hydrogen-bond acceptors (Lipinski definition) is 4. The van der Waals surface area contributed by atoms with Gasteiger partial charge in [-0.25, -0.2) is 9.78 Å². The summed E-state index contributed by atoms with van der Waals surface area (Å²) in [4.78, 5) is 14.2. The molecule has 20 heavy (non-hydrogen) atoms. The molecule has 0 saturated carbocycles. The average Bonchev–Trinajstić information content (AvgIpc) is 2.57. The van der Waals surface area contributed by atoms with Crippen LogP contribution in [-0.4, -0.2) is 39.7 Å². The van der Waals surface area contributed by atoms with Crippen LogP contribution in [0.2, 0.25) is 0 Å². The van der Waals surface area contributed by atoms with Gasteiger partial charge in [0.15, 0.2) is 0 Å². The van der Waals surface area contributed by atoms with E-state index in [4.69, 9.17) is 0 Å². The van der Waals surface area contributed by atoms with E-state index in [1.807, 2.05) is 0 Å².